The lowest BCUT2D eigenvalue weighted by Crippen LogP contribution is -2.18. The van der Waals surface area contributed by atoms with E-state index in [2.05, 4.69) is 10.3 Å². The van der Waals surface area contributed by atoms with E-state index in [1.807, 2.05) is 13.8 Å². The van der Waals surface area contributed by atoms with Crippen LogP contribution in [0.15, 0.2) is 24.4 Å². The van der Waals surface area contributed by atoms with Gasteiger partial charge < -0.3 is 5.73 Å². The maximum Gasteiger partial charge on any atom is 0.123 e. The van der Waals surface area contributed by atoms with E-state index >= 15 is 0 Å². The van der Waals surface area contributed by atoms with Gasteiger partial charge in [0, 0.05) is 6.54 Å². The Bertz CT molecular complexity index is 521. The Morgan fingerprint density at radius 2 is 2.24 bits per heavy atom. The van der Waals surface area contributed by atoms with Gasteiger partial charge in [0.2, 0.25) is 0 Å². The smallest absolute Gasteiger partial charge is 0.123 e. The first-order valence-electron chi connectivity index (χ1n) is 5.53. The zero-order valence-electron chi connectivity index (χ0n) is 9.89. The summed E-state index contributed by atoms with van der Waals surface area (Å²) in [5.41, 5.74) is 8.73. The molecule has 0 saturated carbocycles. The lowest BCUT2D eigenvalue weighted by atomic mass is 9.99. The molecule has 17 heavy (non-hydrogen) atoms. The van der Waals surface area contributed by atoms with Crippen molar-refractivity contribution in [3.05, 3.63) is 47.0 Å². The molecule has 2 N–H and O–H groups in total. The van der Waals surface area contributed by atoms with E-state index in [9.17, 15) is 4.39 Å². The van der Waals surface area contributed by atoms with Crippen LogP contribution in [0.3, 0.4) is 0 Å². The summed E-state index contributed by atoms with van der Waals surface area (Å²) in [5.74, 6) is -0.249. The number of hydrogen-bond acceptors (Lipinski definition) is 3. The fourth-order valence-electron chi connectivity index (χ4n) is 1.90. The topological polar surface area (TPSA) is 56.7 Å². The van der Waals surface area contributed by atoms with Crippen LogP contribution in [0, 0.1) is 12.7 Å². The number of aromatic nitrogens is 3. The molecule has 0 radical (unpaired) electrons. The monoisotopic (exact) mass is 234 g/mol. The van der Waals surface area contributed by atoms with E-state index in [0.717, 1.165) is 16.8 Å². The molecule has 0 spiro atoms. The van der Waals surface area contributed by atoms with Crippen LogP contribution < -0.4 is 5.73 Å². The lowest BCUT2D eigenvalue weighted by molar-refractivity contribution is 0.579. The molecule has 2 rings (SSSR count). The normalized spacial score (nSPS) is 12.7. The molecule has 0 fully saturated rings. The summed E-state index contributed by atoms with van der Waals surface area (Å²) in [7, 11) is 0. The summed E-state index contributed by atoms with van der Waals surface area (Å²) in [6.07, 6.45) is 1.65. The minimum atomic E-state index is -0.328. The fraction of sp³-hybridized carbons (Fsp3) is 0.333. The van der Waals surface area contributed by atoms with E-state index in [1.165, 1.54) is 12.1 Å². The Morgan fingerprint density at radius 1 is 1.47 bits per heavy atom. The molecular formula is C12H15FN4. The third kappa shape index (κ3) is 2.19. The van der Waals surface area contributed by atoms with E-state index in [0.29, 0.717) is 6.54 Å². The molecule has 1 unspecified atom stereocenters. The number of halogens is 1. The van der Waals surface area contributed by atoms with E-state index in [4.69, 9.17) is 5.73 Å². The number of nitrogens with two attached hydrogens (primary N) is 1. The molecular weight excluding hydrogens is 219 g/mol. The van der Waals surface area contributed by atoms with Crippen molar-refractivity contribution in [2.24, 2.45) is 5.73 Å². The van der Waals surface area contributed by atoms with Gasteiger partial charge in [-0.05, 0) is 37.1 Å². The van der Waals surface area contributed by atoms with Gasteiger partial charge in [-0.1, -0.05) is 11.3 Å². The molecule has 5 heteroatoms. The standard InChI is InChI=1S/C12H15FN4/c1-3-17-11(7-15-16-17)12(14)10-5-4-9(13)6-8(10)2/h4-7,12H,3,14H2,1-2H3. The van der Waals surface area contributed by atoms with Crippen LogP contribution in [0.4, 0.5) is 4.39 Å². The molecule has 0 aliphatic carbocycles. The number of aryl methyl sites for hydroxylation is 2. The average molecular weight is 234 g/mol. The Hall–Kier alpha value is -1.75. The minimum absolute atomic E-state index is 0.249. The summed E-state index contributed by atoms with van der Waals surface area (Å²) in [6.45, 7) is 4.53. The Kier molecular flexibility index (Phi) is 3.19. The third-order valence-corrected chi connectivity index (χ3v) is 2.83. The first-order valence-corrected chi connectivity index (χ1v) is 5.53. The fourth-order valence-corrected chi connectivity index (χ4v) is 1.90. The van der Waals surface area contributed by atoms with Crippen LogP contribution in [-0.4, -0.2) is 15.0 Å². The van der Waals surface area contributed by atoms with Gasteiger partial charge in [-0.3, -0.25) is 0 Å². The van der Waals surface area contributed by atoms with Crippen LogP contribution in [0.5, 0.6) is 0 Å². The molecule has 0 aliphatic rings. The van der Waals surface area contributed by atoms with Crippen molar-refractivity contribution < 1.29 is 4.39 Å². The Morgan fingerprint density at radius 3 is 2.88 bits per heavy atom. The minimum Gasteiger partial charge on any atom is -0.319 e. The molecule has 0 bridgehead atoms. The summed E-state index contributed by atoms with van der Waals surface area (Å²) >= 11 is 0. The number of hydrogen-bond donors (Lipinski definition) is 1. The van der Waals surface area contributed by atoms with Gasteiger partial charge in [-0.25, -0.2) is 9.07 Å². The van der Waals surface area contributed by atoms with Crippen molar-refractivity contribution in [1.29, 1.82) is 0 Å². The predicted octanol–water partition coefficient (Wildman–Crippen LogP) is 1.79. The molecule has 0 amide bonds. The Balaban J connectivity index is 2.40. The van der Waals surface area contributed by atoms with E-state index < -0.39 is 0 Å². The first kappa shape index (κ1) is 11.7. The van der Waals surface area contributed by atoms with Gasteiger partial charge in [0.15, 0.2) is 0 Å². The second-order valence-electron chi connectivity index (χ2n) is 3.95. The van der Waals surface area contributed by atoms with E-state index in [1.54, 1.807) is 16.9 Å². The zero-order valence-corrected chi connectivity index (χ0v) is 9.89. The van der Waals surface area contributed by atoms with Crippen LogP contribution in [0.2, 0.25) is 0 Å². The van der Waals surface area contributed by atoms with Gasteiger partial charge in [0.25, 0.3) is 0 Å². The number of rotatable bonds is 3. The van der Waals surface area contributed by atoms with Crippen molar-refractivity contribution >= 4 is 0 Å². The third-order valence-electron chi connectivity index (χ3n) is 2.83. The van der Waals surface area contributed by atoms with Crippen LogP contribution >= 0.6 is 0 Å². The number of benzene rings is 1. The maximum absolute atomic E-state index is 13.0. The molecule has 4 nitrogen and oxygen atoms in total. The molecule has 0 saturated heterocycles. The summed E-state index contributed by atoms with van der Waals surface area (Å²) < 4.78 is 14.8. The molecule has 1 aromatic heterocycles. The van der Waals surface area contributed by atoms with Crippen LogP contribution in [0.25, 0.3) is 0 Å². The summed E-state index contributed by atoms with van der Waals surface area (Å²) in [5, 5.41) is 7.79. The highest BCUT2D eigenvalue weighted by atomic mass is 19.1. The van der Waals surface area contributed by atoms with Crippen LogP contribution in [-0.2, 0) is 6.54 Å². The highest BCUT2D eigenvalue weighted by Gasteiger charge is 2.16. The predicted molar refractivity (Wildman–Crippen MR) is 62.9 cm³/mol. The lowest BCUT2D eigenvalue weighted by Gasteiger charge is -2.15. The quantitative estimate of drug-likeness (QED) is 0.880. The molecule has 0 aliphatic heterocycles. The summed E-state index contributed by atoms with van der Waals surface area (Å²) in [4.78, 5) is 0. The second kappa shape index (κ2) is 4.63. The highest BCUT2D eigenvalue weighted by Crippen LogP contribution is 2.22. The van der Waals surface area contributed by atoms with Gasteiger partial charge in [0.05, 0.1) is 17.9 Å². The van der Waals surface area contributed by atoms with Crippen molar-refractivity contribution in [2.75, 3.05) is 0 Å². The Labute approximate surface area is 99.2 Å². The van der Waals surface area contributed by atoms with E-state index in [-0.39, 0.29) is 11.9 Å². The maximum atomic E-state index is 13.0. The van der Waals surface area contributed by atoms with Gasteiger partial charge >= 0.3 is 0 Å². The molecule has 1 aromatic carbocycles. The summed E-state index contributed by atoms with van der Waals surface area (Å²) in [6, 6.07) is 4.28. The number of nitrogens with zero attached hydrogens (tertiary/aromatic N) is 3. The van der Waals surface area contributed by atoms with Gasteiger partial charge in [-0.2, -0.15) is 0 Å². The van der Waals surface area contributed by atoms with Gasteiger partial charge in [0.1, 0.15) is 5.82 Å². The van der Waals surface area contributed by atoms with Crippen molar-refractivity contribution in [2.45, 2.75) is 26.4 Å². The SMILES string of the molecule is CCn1nncc1C(N)c1ccc(F)cc1C. The molecule has 1 heterocycles. The zero-order chi connectivity index (χ0) is 12.4. The van der Waals surface area contributed by atoms with Crippen LogP contribution in [0.1, 0.15) is 29.8 Å². The van der Waals surface area contributed by atoms with Gasteiger partial charge in [-0.15, -0.1) is 5.10 Å². The molecule has 90 valence electrons. The molecule has 1 atom stereocenters. The second-order valence-corrected chi connectivity index (χ2v) is 3.95. The van der Waals surface area contributed by atoms with Crippen molar-refractivity contribution in [1.82, 2.24) is 15.0 Å². The molecule has 2 aromatic rings. The average Bonchev–Trinajstić information content (AvgIpc) is 2.76. The highest BCUT2D eigenvalue weighted by molar-refractivity contribution is 5.33. The first-order chi connectivity index (χ1) is 8.13. The van der Waals surface area contributed by atoms with Crippen molar-refractivity contribution in [3.8, 4) is 0 Å². The van der Waals surface area contributed by atoms with Crippen molar-refractivity contribution in [3.63, 3.8) is 0 Å². The largest absolute Gasteiger partial charge is 0.319 e.